The summed E-state index contributed by atoms with van der Waals surface area (Å²) in [5.41, 5.74) is 4.74. The summed E-state index contributed by atoms with van der Waals surface area (Å²) >= 11 is 4.57. The van der Waals surface area contributed by atoms with E-state index in [-0.39, 0.29) is 0 Å². The molecule has 20 heavy (non-hydrogen) atoms. The van der Waals surface area contributed by atoms with Crippen molar-refractivity contribution in [1.29, 1.82) is 0 Å². The normalized spacial score (nSPS) is 22.9. The summed E-state index contributed by atoms with van der Waals surface area (Å²) in [5.74, 6) is 0.715. The van der Waals surface area contributed by atoms with E-state index in [2.05, 4.69) is 50.1 Å². The molecule has 1 aliphatic rings. The molecule has 0 amide bonds. The van der Waals surface area contributed by atoms with E-state index >= 15 is 0 Å². The summed E-state index contributed by atoms with van der Waals surface area (Å²) in [7, 11) is 0. The molecule has 0 N–H and O–H groups in total. The van der Waals surface area contributed by atoms with Crippen molar-refractivity contribution in [2.24, 2.45) is 0 Å². The summed E-state index contributed by atoms with van der Waals surface area (Å²) in [5, 5.41) is 0.609. The molecule has 0 bridgehead atoms. The third-order valence-electron chi connectivity index (χ3n) is 4.02. The summed E-state index contributed by atoms with van der Waals surface area (Å²) in [6.07, 6.45) is 9.05. The highest BCUT2D eigenvalue weighted by Crippen LogP contribution is 2.35. The van der Waals surface area contributed by atoms with E-state index in [4.69, 9.17) is 0 Å². The minimum atomic E-state index is 0.609. The molecule has 0 unspecified atom stereocenters. The summed E-state index contributed by atoms with van der Waals surface area (Å²) in [4.78, 5) is 0. The topological polar surface area (TPSA) is 0 Å². The van der Waals surface area contributed by atoms with Crippen LogP contribution in [0.25, 0.3) is 5.57 Å². The van der Waals surface area contributed by atoms with Crippen LogP contribution in [-0.2, 0) is 0 Å². The molecule has 1 aromatic carbocycles. The van der Waals surface area contributed by atoms with E-state index in [0.717, 1.165) is 11.1 Å². The van der Waals surface area contributed by atoms with Gasteiger partial charge in [-0.3, -0.25) is 0 Å². The Morgan fingerprint density at radius 3 is 2.20 bits per heavy atom. The highest BCUT2D eigenvalue weighted by atomic mass is 32.1. The van der Waals surface area contributed by atoms with Gasteiger partial charge in [0, 0.05) is 5.25 Å². The zero-order valence-corrected chi connectivity index (χ0v) is 13.2. The number of hydrogen-bond donors (Lipinski definition) is 1. The molecule has 1 aromatic rings. The van der Waals surface area contributed by atoms with E-state index in [9.17, 15) is 0 Å². The Hall–Kier alpha value is -1.21. The lowest BCUT2D eigenvalue weighted by Gasteiger charge is -2.26. The monoisotopic (exact) mass is 284 g/mol. The third kappa shape index (κ3) is 4.14. The van der Waals surface area contributed by atoms with Gasteiger partial charge in [-0.15, -0.1) is 0 Å². The average Bonchev–Trinajstić information content (AvgIpc) is 2.46. The fraction of sp³-hybridized carbons (Fsp3) is 0.368. The van der Waals surface area contributed by atoms with E-state index < -0.39 is 0 Å². The maximum atomic E-state index is 4.57. The second-order valence-electron chi connectivity index (χ2n) is 5.83. The molecule has 1 saturated carbocycles. The van der Waals surface area contributed by atoms with Crippen molar-refractivity contribution in [2.75, 3.05) is 0 Å². The molecule has 0 aromatic heterocycles. The van der Waals surface area contributed by atoms with E-state index in [1.807, 2.05) is 19.1 Å². The second kappa shape index (κ2) is 6.99. The van der Waals surface area contributed by atoms with Crippen molar-refractivity contribution in [3.8, 4) is 0 Å². The smallest absolute Gasteiger partial charge is 0.00172 e. The van der Waals surface area contributed by atoms with Crippen LogP contribution in [0.1, 0.15) is 49.7 Å². The van der Waals surface area contributed by atoms with E-state index in [0.29, 0.717) is 11.2 Å². The molecule has 1 heteroatoms. The molecule has 1 fully saturated rings. The number of rotatable bonds is 4. The minimum absolute atomic E-state index is 0.609. The van der Waals surface area contributed by atoms with Crippen LogP contribution < -0.4 is 0 Å². The van der Waals surface area contributed by atoms with Crippen LogP contribution >= 0.6 is 12.6 Å². The fourth-order valence-electron chi connectivity index (χ4n) is 2.72. The van der Waals surface area contributed by atoms with Crippen LogP contribution in [0.5, 0.6) is 0 Å². The first kappa shape index (κ1) is 15.2. The van der Waals surface area contributed by atoms with Crippen molar-refractivity contribution in [2.45, 2.75) is 43.8 Å². The van der Waals surface area contributed by atoms with Crippen LogP contribution in [0.4, 0.5) is 0 Å². The third-order valence-corrected chi connectivity index (χ3v) is 4.54. The Balaban J connectivity index is 2.03. The Morgan fingerprint density at radius 1 is 1.05 bits per heavy atom. The molecule has 0 atom stereocenters. The quantitative estimate of drug-likeness (QED) is 0.525. The second-order valence-corrected chi connectivity index (χ2v) is 6.56. The molecule has 106 valence electrons. The maximum absolute atomic E-state index is 4.57. The van der Waals surface area contributed by atoms with Crippen LogP contribution in [0.3, 0.4) is 0 Å². The Bertz CT molecular complexity index is 499. The van der Waals surface area contributed by atoms with Gasteiger partial charge in [0.15, 0.2) is 0 Å². The van der Waals surface area contributed by atoms with Crippen molar-refractivity contribution in [3.63, 3.8) is 0 Å². The molecule has 0 saturated heterocycles. The molecule has 2 rings (SSSR count). The van der Waals surface area contributed by atoms with Gasteiger partial charge >= 0.3 is 0 Å². The van der Waals surface area contributed by atoms with Gasteiger partial charge in [0.1, 0.15) is 0 Å². The van der Waals surface area contributed by atoms with Crippen molar-refractivity contribution >= 4 is 18.2 Å². The fourth-order valence-corrected chi connectivity index (χ4v) is 3.02. The van der Waals surface area contributed by atoms with Crippen LogP contribution in [0.15, 0.2) is 55.1 Å². The lowest BCUT2D eigenvalue weighted by Crippen LogP contribution is -2.12. The van der Waals surface area contributed by atoms with Crippen molar-refractivity contribution in [3.05, 3.63) is 66.3 Å². The van der Waals surface area contributed by atoms with Gasteiger partial charge in [0.05, 0.1) is 0 Å². The van der Waals surface area contributed by atoms with E-state index in [1.165, 1.54) is 36.8 Å². The first-order valence-electron chi connectivity index (χ1n) is 7.37. The van der Waals surface area contributed by atoms with Gasteiger partial charge < -0.3 is 0 Å². The summed E-state index contributed by atoms with van der Waals surface area (Å²) in [6, 6.07) is 8.90. The maximum Gasteiger partial charge on any atom is 0.00172 e. The zero-order valence-electron chi connectivity index (χ0n) is 12.3. The standard InChI is InChI=1S/C19H24S/c1-14(2)4-5-15(3)16-6-8-17(9-7-16)18-10-12-19(20)13-11-18/h4-9,18-20H,1,3,10-13H2,2H3/b5-4-. The van der Waals surface area contributed by atoms with Gasteiger partial charge in [-0.25, -0.2) is 0 Å². The number of allylic oxidation sites excluding steroid dienone is 4. The summed E-state index contributed by atoms with van der Waals surface area (Å²) in [6.45, 7) is 9.97. The Labute approximate surface area is 128 Å². The predicted molar refractivity (Wildman–Crippen MR) is 93.4 cm³/mol. The highest BCUT2D eigenvalue weighted by molar-refractivity contribution is 7.80. The van der Waals surface area contributed by atoms with Crippen LogP contribution in [-0.4, -0.2) is 5.25 Å². The Morgan fingerprint density at radius 2 is 1.65 bits per heavy atom. The molecule has 0 nitrogen and oxygen atoms in total. The van der Waals surface area contributed by atoms with Gasteiger partial charge in [-0.2, -0.15) is 12.6 Å². The zero-order chi connectivity index (χ0) is 14.5. The summed E-state index contributed by atoms with van der Waals surface area (Å²) < 4.78 is 0. The number of thiol groups is 1. The lowest BCUT2D eigenvalue weighted by atomic mass is 9.83. The average molecular weight is 284 g/mol. The first-order chi connectivity index (χ1) is 9.56. The molecule has 0 aliphatic heterocycles. The Kier molecular flexibility index (Phi) is 5.31. The molecule has 0 radical (unpaired) electrons. The van der Waals surface area contributed by atoms with Gasteiger partial charge in [0.25, 0.3) is 0 Å². The molecular weight excluding hydrogens is 260 g/mol. The molecular formula is C19H24S. The largest absolute Gasteiger partial charge is 0.176 e. The van der Waals surface area contributed by atoms with Crippen molar-refractivity contribution in [1.82, 2.24) is 0 Å². The highest BCUT2D eigenvalue weighted by Gasteiger charge is 2.19. The minimum Gasteiger partial charge on any atom is -0.176 e. The van der Waals surface area contributed by atoms with Crippen LogP contribution in [0.2, 0.25) is 0 Å². The van der Waals surface area contributed by atoms with Gasteiger partial charge in [0.2, 0.25) is 0 Å². The van der Waals surface area contributed by atoms with Crippen molar-refractivity contribution < 1.29 is 0 Å². The van der Waals surface area contributed by atoms with Gasteiger partial charge in [-0.1, -0.05) is 55.1 Å². The van der Waals surface area contributed by atoms with Gasteiger partial charge in [-0.05, 0) is 55.2 Å². The number of hydrogen-bond acceptors (Lipinski definition) is 1. The predicted octanol–water partition coefficient (Wildman–Crippen LogP) is 5.79. The SMILES string of the molecule is C=C(C)/C=C\C(=C)c1ccc(C2CCC(S)CC2)cc1. The van der Waals surface area contributed by atoms with Crippen LogP contribution in [0, 0.1) is 0 Å². The molecule has 1 aliphatic carbocycles. The lowest BCUT2D eigenvalue weighted by molar-refractivity contribution is 0.454. The number of benzene rings is 1. The van der Waals surface area contributed by atoms with E-state index in [1.54, 1.807) is 0 Å². The molecule has 0 spiro atoms. The first-order valence-corrected chi connectivity index (χ1v) is 7.89. The molecule has 0 heterocycles.